The highest BCUT2D eigenvalue weighted by molar-refractivity contribution is 6.30. The number of nitrogens with one attached hydrogen (secondary N) is 1. The van der Waals surface area contributed by atoms with Gasteiger partial charge in [0.25, 0.3) is 0 Å². The molecule has 3 aromatic rings. The Morgan fingerprint density at radius 3 is 2.54 bits per heavy atom. The summed E-state index contributed by atoms with van der Waals surface area (Å²) in [5.41, 5.74) is 0.696. The van der Waals surface area contributed by atoms with Crippen LogP contribution < -0.4 is 10.1 Å². The van der Waals surface area contributed by atoms with Gasteiger partial charge in [-0.25, -0.2) is 4.39 Å². The van der Waals surface area contributed by atoms with Gasteiger partial charge in [0.2, 0.25) is 0 Å². The fraction of sp³-hybridized carbons (Fsp3) is 0.269. The SMILES string of the molecule is C[C@@H](NCCOc1cc(-c2ccc(F)c(CCC(=O)O)c2)cc(C(F)(F)F)c1)c1cccc(Cl)c1. The van der Waals surface area contributed by atoms with Gasteiger partial charge < -0.3 is 15.2 Å². The summed E-state index contributed by atoms with van der Waals surface area (Å²) in [6.45, 7) is 2.42. The predicted octanol–water partition coefficient (Wildman–Crippen LogP) is 6.91. The topological polar surface area (TPSA) is 58.6 Å². The summed E-state index contributed by atoms with van der Waals surface area (Å²) in [4.78, 5) is 10.8. The number of aliphatic carboxylic acids is 1. The van der Waals surface area contributed by atoms with E-state index in [0.29, 0.717) is 17.1 Å². The van der Waals surface area contributed by atoms with Crippen LogP contribution in [0.4, 0.5) is 17.6 Å². The van der Waals surface area contributed by atoms with Crippen molar-refractivity contribution in [2.45, 2.75) is 32.0 Å². The van der Waals surface area contributed by atoms with Crippen molar-refractivity contribution in [2.24, 2.45) is 0 Å². The molecule has 35 heavy (non-hydrogen) atoms. The molecule has 2 N–H and O–H groups in total. The molecular formula is C26H24ClF4NO3. The third kappa shape index (κ3) is 7.70. The van der Waals surface area contributed by atoms with Gasteiger partial charge in [-0.3, -0.25) is 4.79 Å². The van der Waals surface area contributed by atoms with Crippen molar-refractivity contribution in [1.82, 2.24) is 5.32 Å². The van der Waals surface area contributed by atoms with Crippen LogP contribution >= 0.6 is 11.6 Å². The number of carbonyl (C=O) groups is 1. The van der Waals surface area contributed by atoms with Crippen LogP contribution in [0.3, 0.4) is 0 Å². The van der Waals surface area contributed by atoms with Gasteiger partial charge in [0.05, 0.1) is 5.56 Å². The molecule has 1 atom stereocenters. The second kappa shape index (κ2) is 11.6. The maximum absolute atomic E-state index is 14.1. The molecule has 9 heteroatoms. The first-order valence-corrected chi connectivity index (χ1v) is 11.3. The van der Waals surface area contributed by atoms with Gasteiger partial charge in [0, 0.05) is 24.0 Å². The number of alkyl halides is 3. The fourth-order valence-electron chi connectivity index (χ4n) is 3.54. The summed E-state index contributed by atoms with van der Waals surface area (Å²) in [6.07, 6.45) is -4.98. The van der Waals surface area contributed by atoms with E-state index < -0.39 is 23.5 Å². The normalized spacial score (nSPS) is 12.4. The van der Waals surface area contributed by atoms with E-state index in [9.17, 15) is 22.4 Å². The van der Waals surface area contributed by atoms with Gasteiger partial charge in [-0.15, -0.1) is 0 Å². The van der Waals surface area contributed by atoms with Crippen LogP contribution in [0.25, 0.3) is 11.1 Å². The molecule has 0 spiro atoms. The lowest BCUT2D eigenvalue weighted by Gasteiger charge is -2.16. The van der Waals surface area contributed by atoms with Crippen LogP contribution in [0.5, 0.6) is 5.75 Å². The largest absolute Gasteiger partial charge is 0.492 e. The number of halogens is 5. The molecule has 0 fully saturated rings. The summed E-state index contributed by atoms with van der Waals surface area (Å²) < 4.78 is 60.3. The number of ether oxygens (including phenoxy) is 1. The molecule has 0 saturated carbocycles. The zero-order valence-electron chi connectivity index (χ0n) is 18.8. The van der Waals surface area contributed by atoms with Gasteiger partial charge >= 0.3 is 12.1 Å². The van der Waals surface area contributed by atoms with Crippen LogP contribution in [0.2, 0.25) is 5.02 Å². The van der Waals surface area contributed by atoms with Crippen LogP contribution in [-0.4, -0.2) is 24.2 Å². The van der Waals surface area contributed by atoms with Crippen molar-refractivity contribution >= 4 is 17.6 Å². The molecule has 0 aliphatic heterocycles. The standard InChI is InChI=1S/C26H24ClF4NO3/c1-16(17-3-2-4-22(27)13-17)32-9-10-35-23-14-20(12-21(15-23)26(29,30)31)18-5-7-24(28)19(11-18)6-8-25(33)34/h2-5,7,11-16,32H,6,8-10H2,1H3,(H,33,34)/t16-/m1/s1. The average Bonchev–Trinajstić information content (AvgIpc) is 2.80. The Kier molecular flexibility index (Phi) is 8.75. The van der Waals surface area contributed by atoms with Gasteiger partial charge in [0.1, 0.15) is 18.2 Å². The molecule has 0 saturated heterocycles. The quantitative estimate of drug-likeness (QED) is 0.230. The number of carboxylic acid groups (broad SMARTS) is 1. The Hall–Kier alpha value is -3.10. The van der Waals surface area contributed by atoms with E-state index >= 15 is 0 Å². The summed E-state index contributed by atoms with van der Waals surface area (Å²) in [5, 5.41) is 12.7. The minimum Gasteiger partial charge on any atom is -0.492 e. The second-order valence-corrected chi connectivity index (χ2v) is 8.46. The number of benzene rings is 3. The van der Waals surface area contributed by atoms with Crippen molar-refractivity contribution in [3.05, 3.63) is 88.2 Å². The molecule has 4 nitrogen and oxygen atoms in total. The molecule has 3 aromatic carbocycles. The monoisotopic (exact) mass is 509 g/mol. The van der Waals surface area contributed by atoms with Crippen LogP contribution in [0.15, 0.2) is 60.7 Å². The van der Waals surface area contributed by atoms with E-state index in [0.717, 1.165) is 23.8 Å². The highest BCUT2D eigenvalue weighted by Crippen LogP contribution is 2.36. The first-order valence-electron chi connectivity index (χ1n) is 10.9. The van der Waals surface area contributed by atoms with Crippen LogP contribution in [0.1, 0.15) is 36.1 Å². The van der Waals surface area contributed by atoms with E-state index in [2.05, 4.69) is 5.32 Å². The first-order chi connectivity index (χ1) is 16.5. The van der Waals surface area contributed by atoms with Crippen LogP contribution in [0, 0.1) is 5.82 Å². The molecule has 0 radical (unpaired) electrons. The first kappa shape index (κ1) is 26.5. The van der Waals surface area contributed by atoms with Crippen molar-refractivity contribution in [3.63, 3.8) is 0 Å². The number of hydrogen-bond acceptors (Lipinski definition) is 3. The Labute approximate surface area is 205 Å². The molecule has 0 amide bonds. The van der Waals surface area contributed by atoms with E-state index in [1.165, 1.54) is 18.2 Å². The number of rotatable bonds is 10. The second-order valence-electron chi connectivity index (χ2n) is 8.02. The molecule has 186 valence electrons. The molecule has 0 heterocycles. The van der Waals surface area contributed by atoms with E-state index in [1.807, 2.05) is 25.1 Å². The Morgan fingerprint density at radius 1 is 1.09 bits per heavy atom. The lowest BCUT2D eigenvalue weighted by atomic mass is 9.98. The third-order valence-electron chi connectivity index (χ3n) is 5.39. The summed E-state index contributed by atoms with van der Waals surface area (Å²) in [5.74, 6) is -1.69. The maximum atomic E-state index is 14.1. The fourth-order valence-corrected chi connectivity index (χ4v) is 3.74. The van der Waals surface area contributed by atoms with Crippen LogP contribution in [-0.2, 0) is 17.4 Å². The highest BCUT2D eigenvalue weighted by Gasteiger charge is 2.31. The zero-order chi connectivity index (χ0) is 25.6. The number of hydrogen-bond donors (Lipinski definition) is 2. The number of carboxylic acids is 1. The number of aryl methyl sites for hydroxylation is 1. The summed E-state index contributed by atoms with van der Waals surface area (Å²) in [7, 11) is 0. The van der Waals surface area contributed by atoms with E-state index in [1.54, 1.807) is 6.07 Å². The highest BCUT2D eigenvalue weighted by atomic mass is 35.5. The third-order valence-corrected chi connectivity index (χ3v) is 5.63. The smallest absolute Gasteiger partial charge is 0.416 e. The lowest BCUT2D eigenvalue weighted by molar-refractivity contribution is -0.138. The van der Waals surface area contributed by atoms with Gasteiger partial charge in [-0.2, -0.15) is 13.2 Å². The summed E-state index contributed by atoms with van der Waals surface area (Å²) >= 11 is 6.01. The minimum absolute atomic E-state index is 0.0171. The van der Waals surface area contributed by atoms with Gasteiger partial charge in [-0.1, -0.05) is 29.8 Å². The molecular weight excluding hydrogens is 486 g/mol. The van der Waals surface area contributed by atoms with Gasteiger partial charge in [-0.05, 0) is 78.1 Å². The minimum atomic E-state index is -4.61. The predicted molar refractivity (Wildman–Crippen MR) is 126 cm³/mol. The van der Waals surface area contributed by atoms with Gasteiger partial charge in [0.15, 0.2) is 0 Å². The van der Waals surface area contributed by atoms with Crippen molar-refractivity contribution in [3.8, 4) is 16.9 Å². The Balaban J connectivity index is 1.75. The average molecular weight is 510 g/mol. The van der Waals surface area contributed by atoms with Crippen molar-refractivity contribution in [1.29, 1.82) is 0 Å². The molecule has 0 aliphatic rings. The lowest BCUT2D eigenvalue weighted by Crippen LogP contribution is -2.24. The van der Waals surface area contributed by atoms with E-state index in [4.69, 9.17) is 21.4 Å². The zero-order valence-corrected chi connectivity index (χ0v) is 19.6. The Morgan fingerprint density at radius 2 is 1.86 bits per heavy atom. The molecule has 3 rings (SSSR count). The molecule has 0 unspecified atom stereocenters. The molecule has 0 aromatic heterocycles. The van der Waals surface area contributed by atoms with E-state index in [-0.39, 0.29) is 42.4 Å². The summed E-state index contributed by atoms with van der Waals surface area (Å²) in [6, 6.07) is 14.5. The van der Waals surface area contributed by atoms with Crippen molar-refractivity contribution < 1.29 is 32.2 Å². The molecule has 0 bridgehead atoms. The maximum Gasteiger partial charge on any atom is 0.416 e. The molecule has 0 aliphatic carbocycles. The van der Waals surface area contributed by atoms with Crippen molar-refractivity contribution in [2.75, 3.05) is 13.2 Å². The Bertz CT molecular complexity index is 1180.